The summed E-state index contributed by atoms with van der Waals surface area (Å²) in [5.74, 6) is 0.862. The van der Waals surface area contributed by atoms with E-state index in [2.05, 4.69) is 23.2 Å². The van der Waals surface area contributed by atoms with E-state index in [1.54, 1.807) is 18.9 Å². The minimum Gasteiger partial charge on any atom is -0.383 e. The van der Waals surface area contributed by atoms with Crippen molar-refractivity contribution in [2.24, 2.45) is 5.73 Å². The largest absolute Gasteiger partial charge is 0.383 e. The van der Waals surface area contributed by atoms with E-state index >= 15 is 0 Å². The predicted molar refractivity (Wildman–Crippen MR) is 68.9 cm³/mol. The number of hydrogen-bond donors (Lipinski definition) is 2. The summed E-state index contributed by atoms with van der Waals surface area (Å²) in [7, 11) is 1.67. The maximum absolute atomic E-state index is 5.87. The summed E-state index contributed by atoms with van der Waals surface area (Å²) in [6.07, 6.45) is 0. The monoisotopic (exact) mass is 236 g/mol. The maximum atomic E-state index is 5.87. The third-order valence-electron chi connectivity index (χ3n) is 2.34. The van der Waals surface area contributed by atoms with Gasteiger partial charge in [0.2, 0.25) is 0 Å². The Morgan fingerprint density at radius 1 is 1.44 bits per heavy atom. The van der Waals surface area contributed by atoms with Crippen LogP contribution in [-0.2, 0) is 4.74 Å². The van der Waals surface area contributed by atoms with Crippen LogP contribution in [0.4, 0.5) is 0 Å². The van der Waals surface area contributed by atoms with E-state index in [1.807, 2.05) is 12.1 Å². The van der Waals surface area contributed by atoms with Crippen molar-refractivity contribution in [1.29, 1.82) is 0 Å². The van der Waals surface area contributed by atoms with Crippen LogP contribution in [-0.4, -0.2) is 30.5 Å². The van der Waals surface area contributed by atoms with E-state index in [0.29, 0.717) is 6.61 Å². The molecule has 0 radical (unpaired) electrons. The Balaban J connectivity index is 1.99. The number of H-pyrrole nitrogens is 1. The molecule has 0 aliphatic rings. The van der Waals surface area contributed by atoms with Crippen molar-refractivity contribution >= 4 is 22.7 Å². The second-order valence-electron chi connectivity index (χ2n) is 3.75. The molecular formula is C12H16N2OS. The van der Waals surface area contributed by atoms with Crippen molar-refractivity contribution in [3.63, 3.8) is 0 Å². The fourth-order valence-electron chi connectivity index (χ4n) is 1.58. The predicted octanol–water partition coefficient (Wildman–Crippen LogP) is 2.23. The zero-order valence-electron chi connectivity index (χ0n) is 9.27. The Morgan fingerprint density at radius 2 is 2.25 bits per heavy atom. The number of ether oxygens (including phenoxy) is 1. The number of para-hydroxylation sites is 1. The molecule has 1 aromatic heterocycles. The first-order chi connectivity index (χ1) is 7.79. The van der Waals surface area contributed by atoms with Crippen LogP contribution in [0.25, 0.3) is 10.9 Å². The van der Waals surface area contributed by atoms with Crippen LogP contribution >= 0.6 is 11.8 Å². The normalized spacial score (nSPS) is 13.1. The highest BCUT2D eigenvalue weighted by atomic mass is 32.2. The Kier molecular flexibility index (Phi) is 3.88. The molecule has 0 aliphatic carbocycles. The number of thioether (sulfide) groups is 1. The molecular weight excluding hydrogens is 220 g/mol. The summed E-state index contributed by atoms with van der Waals surface area (Å²) in [5.41, 5.74) is 7.04. The van der Waals surface area contributed by atoms with E-state index < -0.39 is 0 Å². The second kappa shape index (κ2) is 5.39. The van der Waals surface area contributed by atoms with E-state index in [1.165, 1.54) is 10.9 Å². The van der Waals surface area contributed by atoms with Gasteiger partial charge in [0.25, 0.3) is 0 Å². The molecule has 0 saturated carbocycles. The number of nitrogens with two attached hydrogens (primary N) is 1. The van der Waals surface area contributed by atoms with Crippen molar-refractivity contribution in [3.8, 4) is 0 Å². The van der Waals surface area contributed by atoms with E-state index in [4.69, 9.17) is 10.5 Å². The van der Waals surface area contributed by atoms with Gasteiger partial charge in [0, 0.05) is 29.8 Å². The number of fused-ring (bicyclic) bond motifs is 1. The highest BCUT2D eigenvalue weighted by Gasteiger charge is 2.05. The molecule has 0 aliphatic heterocycles. The molecule has 0 fully saturated rings. The molecule has 16 heavy (non-hydrogen) atoms. The first-order valence-corrected chi connectivity index (χ1v) is 6.23. The van der Waals surface area contributed by atoms with E-state index in [0.717, 1.165) is 10.8 Å². The van der Waals surface area contributed by atoms with Crippen molar-refractivity contribution in [3.05, 3.63) is 30.3 Å². The number of methoxy groups -OCH3 is 1. The van der Waals surface area contributed by atoms with Crippen LogP contribution in [0.15, 0.2) is 35.4 Å². The lowest BCUT2D eigenvalue weighted by molar-refractivity contribution is 0.186. The van der Waals surface area contributed by atoms with Crippen LogP contribution in [0.1, 0.15) is 0 Å². The lowest BCUT2D eigenvalue weighted by Crippen LogP contribution is -2.28. The van der Waals surface area contributed by atoms with Crippen molar-refractivity contribution in [2.75, 3.05) is 19.5 Å². The van der Waals surface area contributed by atoms with Crippen LogP contribution < -0.4 is 5.73 Å². The molecule has 2 aromatic rings. The molecule has 3 N–H and O–H groups in total. The number of benzene rings is 1. The van der Waals surface area contributed by atoms with E-state index in [-0.39, 0.29) is 6.04 Å². The number of aromatic amines is 1. The lowest BCUT2D eigenvalue weighted by Gasteiger charge is -2.08. The first kappa shape index (κ1) is 11.5. The van der Waals surface area contributed by atoms with Crippen LogP contribution in [0.5, 0.6) is 0 Å². The standard InChI is InChI=1S/C12H16N2OS/c1-15-7-10(13)8-16-12-6-9-4-2-3-5-11(9)14-12/h2-6,10,14H,7-8,13H2,1H3. The topological polar surface area (TPSA) is 51.0 Å². The Morgan fingerprint density at radius 3 is 3.00 bits per heavy atom. The summed E-state index contributed by atoms with van der Waals surface area (Å²) in [6.45, 7) is 0.604. The Hall–Kier alpha value is -0.970. The fourth-order valence-corrected chi connectivity index (χ4v) is 2.47. The van der Waals surface area contributed by atoms with E-state index in [9.17, 15) is 0 Å². The number of rotatable bonds is 5. The smallest absolute Gasteiger partial charge is 0.0733 e. The van der Waals surface area contributed by atoms with Crippen LogP contribution in [0, 0.1) is 0 Å². The van der Waals surface area contributed by atoms with Gasteiger partial charge in [-0.2, -0.15) is 0 Å². The van der Waals surface area contributed by atoms with Gasteiger partial charge in [-0.3, -0.25) is 0 Å². The molecule has 2 rings (SSSR count). The van der Waals surface area contributed by atoms with Crippen LogP contribution in [0.2, 0.25) is 0 Å². The molecule has 0 saturated heterocycles. The molecule has 1 atom stereocenters. The summed E-state index contributed by atoms with van der Waals surface area (Å²) in [4.78, 5) is 3.36. The van der Waals surface area contributed by atoms with Crippen molar-refractivity contribution in [2.45, 2.75) is 11.1 Å². The third kappa shape index (κ3) is 2.78. The molecule has 86 valence electrons. The van der Waals surface area contributed by atoms with Gasteiger partial charge < -0.3 is 15.5 Å². The van der Waals surface area contributed by atoms with Crippen molar-refractivity contribution < 1.29 is 4.74 Å². The Labute approximate surface area is 99.4 Å². The summed E-state index contributed by atoms with van der Waals surface area (Å²) >= 11 is 1.73. The second-order valence-corrected chi connectivity index (χ2v) is 4.81. The molecule has 0 bridgehead atoms. The zero-order valence-corrected chi connectivity index (χ0v) is 10.1. The molecule has 0 spiro atoms. The first-order valence-electron chi connectivity index (χ1n) is 5.24. The van der Waals surface area contributed by atoms with Gasteiger partial charge in [-0.05, 0) is 12.1 Å². The molecule has 1 unspecified atom stereocenters. The fraction of sp³-hybridized carbons (Fsp3) is 0.333. The molecule has 3 nitrogen and oxygen atoms in total. The quantitative estimate of drug-likeness (QED) is 0.783. The average molecular weight is 236 g/mol. The molecule has 1 heterocycles. The number of hydrogen-bond acceptors (Lipinski definition) is 3. The van der Waals surface area contributed by atoms with Gasteiger partial charge in [-0.15, -0.1) is 11.8 Å². The Bertz CT molecular complexity index is 422. The number of aromatic nitrogens is 1. The minimum absolute atomic E-state index is 0.0846. The SMILES string of the molecule is COCC(N)CSc1cc2ccccc2[nH]1. The molecule has 0 amide bonds. The minimum atomic E-state index is 0.0846. The molecule has 4 heteroatoms. The van der Waals surface area contributed by atoms with Gasteiger partial charge >= 0.3 is 0 Å². The summed E-state index contributed by atoms with van der Waals surface area (Å²) in [6, 6.07) is 10.5. The highest BCUT2D eigenvalue weighted by Crippen LogP contribution is 2.23. The third-order valence-corrected chi connectivity index (χ3v) is 3.46. The highest BCUT2D eigenvalue weighted by molar-refractivity contribution is 7.99. The number of nitrogens with one attached hydrogen (secondary N) is 1. The van der Waals surface area contributed by atoms with Gasteiger partial charge in [-0.1, -0.05) is 18.2 Å². The van der Waals surface area contributed by atoms with Gasteiger partial charge in [0.15, 0.2) is 0 Å². The summed E-state index contributed by atoms with van der Waals surface area (Å²) in [5, 5.41) is 2.40. The zero-order chi connectivity index (χ0) is 11.4. The van der Waals surface area contributed by atoms with Gasteiger partial charge in [0.1, 0.15) is 0 Å². The summed E-state index contributed by atoms with van der Waals surface area (Å²) < 4.78 is 5.00. The van der Waals surface area contributed by atoms with Gasteiger partial charge in [-0.25, -0.2) is 0 Å². The molecule has 1 aromatic carbocycles. The average Bonchev–Trinajstić information content (AvgIpc) is 2.69. The van der Waals surface area contributed by atoms with Crippen molar-refractivity contribution in [1.82, 2.24) is 4.98 Å². The van der Waals surface area contributed by atoms with Gasteiger partial charge in [0.05, 0.1) is 11.6 Å². The van der Waals surface area contributed by atoms with Crippen LogP contribution in [0.3, 0.4) is 0 Å². The lowest BCUT2D eigenvalue weighted by atomic mass is 10.3. The maximum Gasteiger partial charge on any atom is 0.0733 e.